The minimum Gasteiger partial charge on any atom is -0.399 e. The number of nitrogens with zero attached hydrogens (tertiary/aromatic N) is 1. The van der Waals surface area contributed by atoms with Crippen molar-refractivity contribution in [2.75, 3.05) is 37.4 Å². The molecule has 5 N–H and O–H groups in total. The lowest BCUT2D eigenvalue weighted by Crippen LogP contribution is -2.53. The molecule has 20 heavy (non-hydrogen) atoms. The molecule has 1 aliphatic heterocycles. The molecule has 0 spiro atoms. The van der Waals surface area contributed by atoms with Gasteiger partial charge in [-0.3, -0.25) is 9.59 Å². The zero-order valence-corrected chi connectivity index (χ0v) is 11.3. The van der Waals surface area contributed by atoms with Gasteiger partial charge in [0, 0.05) is 19.3 Å². The Labute approximate surface area is 116 Å². The summed E-state index contributed by atoms with van der Waals surface area (Å²) in [5.74, 6) is -0.732. The fourth-order valence-corrected chi connectivity index (χ4v) is 2.24. The van der Waals surface area contributed by atoms with Crippen molar-refractivity contribution in [2.24, 2.45) is 5.73 Å². The number of primary amides is 1. The molecule has 0 radical (unpaired) electrons. The van der Waals surface area contributed by atoms with Crippen LogP contribution in [0.25, 0.3) is 0 Å². The van der Waals surface area contributed by atoms with Crippen LogP contribution < -0.4 is 21.7 Å². The van der Waals surface area contributed by atoms with Gasteiger partial charge in [0.2, 0.25) is 5.91 Å². The highest BCUT2D eigenvalue weighted by atomic mass is 16.5. The van der Waals surface area contributed by atoms with Gasteiger partial charge in [-0.2, -0.15) is 0 Å². The maximum atomic E-state index is 11.9. The maximum absolute atomic E-state index is 11.9. The van der Waals surface area contributed by atoms with E-state index in [-0.39, 0.29) is 12.5 Å². The second kappa shape index (κ2) is 5.79. The molecule has 2 amide bonds. The number of hydrogen-bond acceptors (Lipinski definition) is 5. The normalized spacial score (nSPS) is 18.6. The molecule has 0 saturated carbocycles. The van der Waals surface area contributed by atoms with Crippen LogP contribution in [0.2, 0.25) is 0 Å². The van der Waals surface area contributed by atoms with Gasteiger partial charge in [0.15, 0.2) is 0 Å². The second-order valence-corrected chi connectivity index (χ2v) is 4.54. The number of morpholine rings is 1. The summed E-state index contributed by atoms with van der Waals surface area (Å²) in [6.07, 6.45) is 0. The van der Waals surface area contributed by atoms with Crippen LogP contribution in [0, 0.1) is 0 Å². The van der Waals surface area contributed by atoms with Crippen LogP contribution in [0.3, 0.4) is 0 Å². The van der Waals surface area contributed by atoms with Crippen LogP contribution in [-0.4, -0.2) is 44.7 Å². The van der Waals surface area contributed by atoms with Gasteiger partial charge in [-0.05, 0) is 18.2 Å². The molecule has 1 fully saturated rings. The van der Waals surface area contributed by atoms with Crippen LogP contribution in [0.5, 0.6) is 0 Å². The van der Waals surface area contributed by atoms with Gasteiger partial charge in [-0.15, -0.1) is 0 Å². The smallest absolute Gasteiger partial charge is 0.253 e. The summed E-state index contributed by atoms with van der Waals surface area (Å²) in [6.45, 7) is 1.14. The lowest BCUT2D eigenvalue weighted by atomic mass is 10.1. The number of amides is 2. The number of anilines is 2. The number of benzene rings is 1. The van der Waals surface area contributed by atoms with Crippen molar-refractivity contribution in [3.63, 3.8) is 0 Å². The van der Waals surface area contributed by atoms with E-state index in [1.807, 2.05) is 0 Å². The molecule has 1 aromatic rings. The molecule has 1 atom stereocenters. The SMILES string of the molecule is CNC(=O)c1ccc(N)cc1N1CCOCC1C(N)=O. The third kappa shape index (κ3) is 2.67. The number of nitrogens with two attached hydrogens (primary N) is 2. The molecule has 108 valence electrons. The van der Waals surface area contributed by atoms with Crippen LogP contribution in [0.4, 0.5) is 11.4 Å². The highest BCUT2D eigenvalue weighted by Crippen LogP contribution is 2.27. The number of hydrogen-bond donors (Lipinski definition) is 3. The molecule has 1 aliphatic rings. The van der Waals surface area contributed by atoms with Crippen molar-refractivity contribution in [3.8, 4) is 0 Å². The maximum Gasteiger partial charge on any atom is 0.253 e. The Hall–Kier alpha value is -2.28. The van der Waals surface area contributed by atoms with Gasteiger partial charge < -0.3 is 26.4 Å². The Kier molecular flexibility index (Phi) is 4.09. The quantitative estimate of drug-likeness (QED) is 0.634. The van der Waals surface area contributed by atoms with Crippen LogP contribution in [0.15, 0.2) is 18.2 Å². The number of nitrogens with one attached hydrogen (secondary N) is 1. The molecule has 1 heterocycles. The zero-order chi connectivity index (χ0) is 14.7. The fraction of sp³-hybridized carbons (Fsp3) is 0.385. The summed E-state index contributed by atoms with van der Waals surface area (Å²) in [5, 5.41) is 2.57. The van der Waals surface area contributed by atoms with E-state index in [4.69, 9.17) is 16.2 Å². The van der Waals surface area contributed by atoms with E-state index >= 15 is 0 Å². The average Bonchev–Trinajstić information content (AvgIpc) is 2.46. The molecular weight excluding hydrogens is 260 g/mol. The predicted molar refractivity (Wildman–Crippen MR) is 75.4 cm³/mol. The molecule has 1 aromatic carbocycles. The fourth-order valence-electron chi connectivity index (χ4n) is 2.24. The largest absolute Gasteiger partial charge is 0.399 e. The molecule has 0 aliphatic carbocycles. The third-order valence-electron chi connectivity index (χ3n) is 3.26. The third-order valence-corrected chi connectivity index (χ3v) is 3.26. The first-order chi connectivity index (χ1) is 9.54. The lowest BCUT2D eigenvalue weighted by molar-refractivity contribution is -0.121. The number of carbonyl (C=O) groups excluding carboxylic acids is 2. The van der Waals surface area contributed by atoms with E-state index in [0.29, 0.717) is 30.1 Å². The zero-order valence-electron chi connectivity index (χ0n) is 11.3. The minimum atomic E-state index is -0.603. The van der Waals surface area contributed by atoms with Gasteiger partial charge in [0.05, 0.1) is 24.5 Å². The second-order valence-electron chi connectivity index (χ2n) is 4.54. The Bertz CT molecular complexity index is 532. The Morgan fingerprint density at radius 2 is 2.20 bits per heavy atom. The monoisotopic (exact) mass is 278 g/mol. The Morgan fingerprint density at radius 1 is 1.45 bits per heavy atom. The summed E-state index contributed by atoms with van der Waals surface area (Å²) >= 11 is 0. The molecular formula is C13H18N4O3. The van der Waals surface area contributed by atoms with E-state index in [9.17, 15) is 9.59 Å². The summed E-state index contributed by atoms with van der Waals surface area (Å²) in [7, 11) is 1.55. The van der Waals surface area contributed by atoms with E-state index < -0.39 is 11.9 Å². The van der Waals surface area contributed by atoms with Crippen LogP contribution >= 0.6 is 0 Å². The van der Waals surface area contributed by atoms with Gasteiger partial charge in [0.25, 0.3) is 5.91 Å². The van der Waals surface area contributed by atoms with Gasteiger partial charge >= 0.3 is 0 Å². The predicted octanol–water partition coefficient (Wildman–Crippen LogP) is -0.681. The average molecular weight is 278 g/mol. The summed E-state index contributed by atoms with van der Waals surface area (Å²) in [4.78, 5) is 25.3. The summed E-state index contributed by atoms with van der Waals surface area (Å²) in [6, 6.07) is 4.35. The van der Waals surface area contributed by atoms with Gasteiger partial charge in [0.1, 0.15) is 6.04 Å². The molecule has 0 bridgehead atoms. The van der Waals surface area contributed by atoms with Crippen LogP contribution in [-0.2, 0) is 9.53 Å². The molecule has 1 unspecified atom stereocenters. The molecule has 0 aromatic heterocycles. The first-order valence-corrected chi connectivity index (χ1v) is 6.30. The van der Waals surface area contributed by atoms with E-state index in [1.165, 1.54) is 0 Å². The van der Waals surface area contributed by atoms with Crippen molar-refractivity contribution in [3.05, 3.63) is 23.8 Å². The Morgan fingerprint density at radius 3 is 2.85 bits per heavy atom. The van der Waals surface area contributed by atoms with Crippen molar-refractivity contribution in [1.82, 2.24) is 5.32 Å². The van der Waals surface area contributed by atoms with Crippen molar-refractivity contribution in [1.29, 1.82) is 0 Å². The van der Waals surface area contributed by atoms with E-state index in [1.54, 1.807) is 30.1 Å². The molecule has 2 rings (SSSR count). The highest BCUT2D eigenvalue weighted by Gasteiger charge is 2.30. The standard InChI is InChI=1S/C13H18N4O3/c1-16-13(19)9-3-2-8(14)6-10(9)17-4-5-20-7-11(17)12(15)18/h2-3,6,11H,4-5,7,14H2,1H3,(H2,15,18)(H,16,19). The van der Waals surface area contributed by atoms with Crippen molar-refractivity contribution < 1.29 is 14.3 Å². The first-order valence-electron chi connectivity index (χ1n) is 6.30. The van der Waals surface area contributed by atoms with E-state index in [0.717, 1.165) is 0 Å². The number of carbonyl (C=O) groups is 2. The number of nitrogen functional groups attached to an aromatic ring is 1. The van der Waals surface area contributed by atoms with Crippen molar-refractivity contribution in [2.45, 2.75) is 6.04 Å². The van der Waals surface area contributed by atoms with Gasteiger partial charge in [-0.1, -0.05) is 0 Å². The number of rotatable bonds is 3. The molecule has 1 saturated heterocycles. The molecule has 7 nitrogen and oxygen atoms in total. The minimum absolute atomic E-state index is 0.206. The lowest BCUT2D eigenvalue weighted by Gasteiger charge is -2.36. The van der Waals surface area contributed by atoms with Crippen molar-refractivity contribution >= 4 is 23.2 Å². The summed E-state index contributed by atoms with van der Waals surface area (Å²) < 4.78 is 5.28. The summed E-state index contributed by atoms with van der Waals surface area (Å²) in [5.41, 5.74) is 12.8. The highest BCUT2D eigenvalue weighted by molar-refractivity contribution is 6.01. The van der Waals surface area contributed by atoms with E-state index in [2.05, 4.69) is 5.32 Å². The van der Waals surface area contributed by atoms with Gasteiger partial charge in [-0.25, -0.2) is 0 Å². The Balaban J connectivity index is 2.45. The number of ether oxygens (including phenoxy) is 1. The van der Waals surface area contributed by atoms with Crippen LogP contribution in [0.1, 0.15) is 10.4 Å². The molecule has 7 heteroatoms. The first kappa shape index (κ1) is 14.1. The topological polar surface area (TPSA) is 111 Å².